The zero-order valence-electron chi connectivity index (χ0n) is 18.8. The van der Waals surface area contributed by atoms with Crippen LogP contribution in [-0.2, 0) is 6.54 Å². The molecule has 4 heterocycles. The first-order valence-corrected chi connectivity index (χ1v) is 10.7. The number of rotatable bonds is 8. The van der Waals surface area contributed by atoms with Gasteiger partial charge in [-0.25, -0.2) is 14.8 Å². The molecule has 12 heteroatoms. The lowest BCUT2D eigenvalue weighted by atomic mass is 10.1. The van der Waals surface area contributed by atoms with Crippen molar-refractivity contribution in [2.45, 2.75) is 39.2 Å². The van der Waals surface area contributed by atoms with Crippen molar-refractivity contribution in [2.24, 2.45) is 0 Å². The smallest absolute Gasteiger partial charge is 0.339 e. The molecule has 0 aliphatic heterocycles. The zero-order valence-corrected chi connectivity index (χ0v) is 18.8. The number of nitrogens with one attached hydrogen (secondary N) is 1. The highest BCUT2D eigenvalue weighted by Crippen LogP contribution is 2.43. The van der Waals surface area contributed by atoms with Gasteiger partial charge in [-0.15, -0.1) is 10.2 Å². The Morgan fingerprint density at radius 3 is 2.79 bits per heavy atom. The third-order valence-corrected chi connectivity index (χ3v) is 5.55. The summed E-state index contributed by atoms with van der Waals surface area (Å²) in [5.74, 6) is 1.34. The lowest BCUT2D eigenvalue weighted by Gasteiger charge is -2.12. The predicted molar refractivity (Wildman–Crippen MR) is 119 cm³/mol. The number of anilines is 2. The number of carboxylic acid groups (broad SMARTS) is 1. The highest BCUT2D eigenvalue weighted by atomic mass is 16.5. The van der Waals surface area contributed by atoms with E-state index in [4.69, 9.17) is 14.3 Å². The van der Waals surface area contributed by atoms with E-state index in [0.29, 0.717) is 53.0 Å². The van der Waals surface area contributed by atoms with Crippen LogP contribution in [0, 0.1) is 13.8 Å². The second-order valence-corrected chi connectivity index (χ2v) is 7.97. The van der Waals surface area contributed by atoms with E-state index in [0.717, 1.165) is 24.1 Å². The van der Waals surface area contributed by atoms with Gasteiger partial charge in [-0.1, -0.05) is 0 Å². The Balaban J connectivity index is 1.54. The van der Waals surface area contributed by atoms with Gasteiger partial charge in [0.2, 0.25) is 11.8 Å². The molecule has 4 aromatic heterocycles. The second kappa shape index (κ2) is 8.54. The van der Waals surface area contributed by atoms with Gasteiger partial charge in [0.15, 0.2) is 17.4 Å². The van der Waals surface area contributed by atoms with E-state index in [1.165, 1.54) is 25.7 Å². The van der Waals surface area contributed by atoms with Crippen LogP contribution in [0.5, 0.6) is 5.75 Å². The number of pyridine rings is 1. The van der Waals surface area contributed by atoms with Crippen molar-refractivity contribution in [3.05, 3.63) is 53.3 Å². The number of aromatic carboxylic acids is 1. The van der Waals surface area contributed by atoms with Gasteiger partial charge in [-0.05, 0) is 25.8 Å². The predicted octanol–water partition coefficient (Wildman–Crippen LogP) is 3.11. The maximum absolute atomic E-state index is 11.6. The molecule has 174 valence electrons. The molecule has 1 saturated carbocycles. The highest BCUT2D eigenvalue weighted by Gasteiger charge is 2.32. The fourth-order valence-electron chi connectivity index (χ4n) is 3.83. The molecule has 4 aromatic rings. The summed E-state index contributed by atoms with van der Waals surface area (Å²) in [7, 11) is 1.49. The number of carboxylic acids is 1. The molecule has 0 spiro atoms. The fraction of sp³-hybridized carbons (Fsp3) is 0.318. The quantitative estimate of drug-likeness (QED) is 0.397. The van der Waals surface area contributed by atoms with Crippen LogP contribution in [-0.4, -0.2) is 53.1 Å². The van der Waals surface area contributed by atoms with Gasteiger partial charge in [0.1, 0.15) is 17.8 Å². The molecule has 1 fully saturated rings. The first-order chi connectivity index (χ1) is 16.4. The van der Waals surface area contributed by atoms with Crippen LogP contribution < -0.4 is 10.1 Å². The topological polar surface area (TPSA) is 154 Å². The number of nitrogens with zero attached hydrogens (tertiary/aromatic N) is 7. The number of aromatic nitrogens is 7. The molecular formula is C22H22N8O4. The van der Waals surface area contributed by atoms with Crippen LogP contribution in [0.15, 0.2) is 29.1 Å². The largest absolute Gasteiger partial charge is 0.491 e. The summed E-state index contributed by atoms with van der Waals surface area (Å²) in [5.41, 5.74) is 3.04. The summed E-state index contributed by atoms with van der Waals surface area (Å²) in [6.07, 6.45) is 6.47. The molecule has 12 nitrogen and oxygen atoms in total. The SMILES string of the molecule is COc1cnc(-c2nn(Cc3nnc(C)o3)c(C3CC3)c2C)nc1Nc1ccncc1C(=O)O. The molecular weight excluding hydrogens is 440 g/mol. The summed E-state index contributed by atoms with van der Waals surface area (Å²) in [6, 6.07) is 1.56. The van der Waals surface area contributed by atoms with E-state index in [9.17, 15) is 9.90 Å². The number of ether oxygens (including phenoxy) is 1. The third kappa shape index (κ3) is 4.05. The average molecular weight is 462 g/mol. The van der Waals surface area contributed by atoms with E-state index >= 15 is 0 Å². The summed E-state index contributed by atoms with van der Waals surface area (Å²) in [4.78, 5) is 24.6. The summed E-state index contributed by atoms with van der Waals surface area (Å²) in [5, 5.41) is 25.3. The highest BCUT2D eigenvalue weighted by molar-refractivity contribution is 5.94. The Hall–Kier alpha value is -4.35. The molecule has 0 bridgehead atoms. The molecule has 0 amide bonds. The zero-order chi connectivity index (χ0) is 23.8. The minimum Gasteiger partial charge on any atom is -0.491 e. The van der Waals surface area contributed by atoms with Gasteiger partial charge in [-0.3, -0.25) is 9.67 Å². The Kier molecular flexibility index (Phi) is 5.40. The van der Waals surface area contributed by atoms with Crippen LogP contribution >= 0.6 is 0 Å². The Bertz CT molecular complexity index is 1380. The molecule has 0 atom stereocenters. The van der Waals surface area contributed by atoms with Crippen LogP contribution in [0.2, 0.25) is 0 Å². The van der Waals surface area contributed by atoms with Gasteiger partial charge < -0.3 is 19.6 Å². The minimum absolute atomic E-state index is 0.0102. The second-order valence-electron chi connectivity index (χ2n) is 7.97. The van der Waals surface area contributed by atoms with Gasteiger partial charge in [0.25, 0.3) is 0 Å². The lowest BCUT2D eigenvalue weighted by molar-refractivity contribution is 0.0697. The minimum atomic E-state index is -1.11. The molecule has 1 aliphatic rings. The van der Waals surface area contributed by atoms with Gasteiger partial charge in [-0.2, -0.15) is 5.10 Å². The number of hydrogen-bond acceptors (Lipinski definition) is 10. The summed E-state index contributed by atoms with van der Waals surface area (Å²) < 4.78 is 12.8. The van der Waals surface area contributed by atoms with Crippen molar-refractivity contribution in [2.75, 3.05) is 12.4 Å². The fourth-order valence-corrected chi connectivity index (χ4v) is 3.83. The molecule has 34 heavy (non-hydrogen) atoms. The summed E-state index contributed by atoms with van der Waals surface area (Å²) in [6.45, 7) is 4.10. The van der Waals surface area contributed by atoms with Crippen LogP contribution in [0.3, 0.4) is 0 Å². The molecule has 0 radical (unpaired) electrons. The molecule has 0 aromatic carbocycles. The van der Waals surface area contributed by atoms with Crippen molar-refractivity contribution in [1.82, 2.24) is 34.9 Å². The van der Waals surface area contributed by atoms with E-state index in [1.807, 2.05) is 11.6 Å². The van der Waals surface area contributed by atoms with Crippen molar-refractivity contribution < 1.29 is 19.1 Å². The van der Waals surface area contributed by atoms with Gasteiger partial charge in [0.05, 0.1) is 19.0 Å². The van der Waals surface area contributed by atoms with Crippen molar-refractivity contribution in [3.63, 3.8) is 0 Å². The van der Waals surface area contributed by atoms with Crippen molar-refractivity contribution in [3.8, 4) is 17.3 Å². The average Bonchev–Trinajstić information content (AvgIpc) is 3.49. The third-order valence-electron chi connectivity index (χ3n) is 5.55. The molecule has 5 rings (SSSR count). The molecule has 0 unspecified atom stereocenters. The van der Waals surface area contributed by atoms with Crippen LogP contribution in [0.25, 0.3) is 11.5 Å². The van der Waals surface area contributed by atoms with Crippen LogP contribution in [0.4, 0.5) is 11.5 Å². The monoisotopic (exact) mass is 462 g/mol. The van der Waals surface area contributed by atoms with E-state index in [-0.39, 0.29) is 5.56 Å². The normalized spacial score (nSPS) is 13.1. The maximum Gasteiger partial charge on any atom is 0.339 e. The first kappa shape index (κ1) is 21.5. The van der Waals surface area contributed by atoms with E-state index in [1.54, 1.807) is 13.0 Å². The standard InChI is InChI=1S/C22H22N8O4/c1-11-18(29-30(19(11)13-4-5-13)10-17-28-27-12(2)34-17)21-24-9-16(33-3)20(26-21)25-15-6-7-23-8-14(15)22(31)32/h6-9,13H,4-5,10H2,1-3H3,(H,31,32)(H,23,24,25,26). The lowest BCUT2D eigenvalue weighted by Crippen LogP contribution is -2.07. The number of hydrogen-bond donors (Lipinski definition) is 2. The van der Waals surface area contributed by atoms with E-state index in [2.05, 4.69) is 30.5 Å². The Morgan fingerprint density at radius 1 is 1.29 bits per heavy atom. The Labute approximate surface area is 194 Å². The maximum atomic E-state index is 11.6. The first-order valence-electron chi connectivity index (χ1n) is 10.7. The van der Waals surface area contributed by atoms with E-state index < -0.39 is 5.97 Å². The number of carbonyl (C=O) groups is 1. The molecule has 2 N–H and O–H groups in total. The number of aryl methyl sites for hydroxylation is 1. The summed E-state index contributed by atoms with van der Waals surface area (Å²) >= 11 is 0. The van der Waals surface area contributed by atoms with Crippen molar-refractivity contribution in [1.29, 1.82) is 0 Å². The van der Waals surface area contributed by atoms with Gasteiger partial charge in [0, 0.05) is 36.5 Å². The number of methoxy groups -OCH3 is 1. The van der Waals surface area contributed by atoms with Crippen LogP contribution in [0.1, 0.15) is 52.2 Å². The van der Waals surface area contributed by atoms with Gasteiger partial charge >= 0.3 is 5.97 Å². The Morgan fingerprint density at radius 2 is 2.12 bits per heavy atom. The molecule has 1 aliphatic carbocycles. The van der Waals surface area contributed by atoms with Crippen molar-refractivity contribution >= 4 is 17.5 Å². The molecule has 0 saturated heterocycles.